The number of aryl methyl sites for hydroxylation is 1. The normalized spacial score (nSPS) is 16.8. The van der Waals surface area contributed by atoms with Crippen molar-refractivity contribution in [3.8, 4) is 17.1 Å². The summed E-state index contributed by atoms with van der Waals surface area (Å²) in [6, 6.07) is 13.3. The third-order valence-corrected chi connectivity index (χ3v) is 5.61. The van der Waals surface area contributed by atoms with E-state index in [1.54, 1.807) is 11.6 Å². The van der Waals surface area contributed by atoms with Crippen LogP contribution in [-0.4, -0.2) is 45.2 Å². The number of nitrogens with zero attached hydrogens (tertiary/aromatic N) is 4. The first-order valence-corrected chi connectivity index (χ1v) is 10.5. The van der Waals surface area contributed by atoms with Gasteiger partial charge >= 0.3 is 0 Å². The van der Waals surface area contributed by atoms with Crippen molar-refractivity contribution in [1.29, 1.82) is 0 Å². The molecule has 0 aliphatic carbocycles. The van der Waals surface area contributed by atoms with Gasteiger partial charge in [0.05, 0.1) is 12.6 Å². The van der Waals surface area contributed by atoms with Gasteiger partial charge in [0.1, 0.15) is 11.8 Å². The fraction of sp³-hybridized carbons (Fsp3) is 0.304. The van der Waals surface area contributed by atoms with Gasteiger partial charge in [-0.25, -0.2) is 9.97 Å². The van der Waals surface area contributed by atoms with Crippen molar-refractivity contribution in [1.82, 2.24) is 24.9 Å². The highest BCUT2D eigenvalue weighted by atomic mass is 16.5. The summed E-state index contributed by atoms with van der Waals surface area (Å²) >= 11 is 0. The molecule has 2 aromatic heterocycles. The third kappa shape index (κ3) is 3.65. The maximum Gasteiger partial charge on any atom is 0.242 e. The Morgan fingerprint density at radius 1 is 1.13 bits per heavy atom. The number of anilines is 1. The van der Waals surface area contributed by atoms with E-state index in [0.29, 0.717) is 24.0 Å². The summed E-state index contributed by atoms with van der Waals surface area (Å²) in [7, 11) is 1.64. The number of nitrogens with one attached hydrogen (secondary N) is 2. The smallest absolute Gasteiger partial charge is 0.242 e. The molecule has 4 aromatic rings. The maximum atomic E-state index is 12.5. The summed E-state index contributed by atoms with van der Waals surface area (Å²) < 4.78 is 6.96. The van der Waals surface area contributed by atoms with Crippen molar-refractivity contribution < 1.29 is 9.53 Å². The quantitative estimate of drug-likeness (QED) is 0.530. The SMILES string of the molecule is COc1ccc(-c2nc3c4cc(C)ccc4nc(N[C@@H]4CCCCNC4=O)n3n2)cc1. The van der Waals surface area contributed by atoms with Gasteiger partial charge in [-0.2, -0.15) is 4.52 Å². The summed E-state index contributed by atoms with van der Waals surface area (Å²) in [5.74, 6) is 1.87. The number of aromatic nitrogens is 4. The van der Waals surface area contributed by atoms with E-state index in [9.17, 15) is 4.79 Å². The second-order valence-electron chi connectivity index (χ2n) is 7.84. The van der Waals surface area contributed by atoms with Crippen LogP contribution in [0.15, 0.2) is 42.5 Å². The first-order chi connectivity index (χ1) is 15.1. The molecule has 0 unspecified atom stereocenters. The Labute approximate surface area is 179 Å². The Morgan fingerprint density at radius 2 is 1.97 bits per heavy atom. The third-order valence-electron chi connectivity index (χ3n) is 5.61. The molecule has 2 aromatic carbocycles. The van der Waals surface area contributed by atoms with Crippen LogP contribution < -0.4 is 15.4 Å². The van der Waals surface area contributed by atoms with Crippen molar-refractivity contribution in [2.24, 2.45) is 0 Å². The Morgan fingerprint density at radius 3 is 2.77 bits per heavy atom. The van der Waals surface area contributed by atoms with Crippen molar-refractivity contribution in [2.75, 3.05) is 19.0 Å². The molecule has 1 saturated heterocycles. The van der Waals surface area contributed by atoms with E-state index in [2.05, 4.69) is 16.7 Å². The fourth-order valence-corrected chi connectivity index (χ4v) is 3.91. The van der Waals surface area contributed by atoms with Crippen molar-refractivity contribution in [2.45, 2.75) is 32.2 Å². The molecule has 1 fully saturated rings. The molecule has 8 heteroatoms. The van der Waals surface area contributed by atoms with Gasteiger partial charge in [-0.1, -0.05) is 11.6 Å². The number of benzene rings is 2. The Kier molecular flexibility index (Phi) is 4.89. The molecule has 0 spiro atoms. The lowest BCUT2D eigenvalue weighted by atomic mass is 10.1. The molecule has 0 saturated carbocycles. The highest BCUT2D eigenvalue weighted by molar-refractivity contribution is 5.94. The molecule has 1 aliphatic rings. The molecule has 8 nitrogen and oxygen atoms in total. The van der Waals surface area contributed by atoms with Crippen LogP contribution in [0, 0.1) is 6.92 Å². The standard InChI is InChI=1S/C23H24N6O2/c1-14-6-11-18-17(13-14)21-27-20(15-7-9-16(31-2)10-8-15)28-29(21)23(25-18)26-19-5-3-4-12-24-22(19)30/h6-11,13,19H,3-5,12H2,1-2H3,(H,24,30)(H,25,26)/t19-/m1/s1. The number of carbonyl (C=O) groups is 1. The number of rotatable bonds is 4. The molecular formula is C23H24N6O2. The Balaban J connectivity index is 1.65. The second kappa shape index (κ2) is 7.86. The average Bonchev–Trinajstić information content (AvgIpc) is 3.14. The summed E-state index contributed by atoms with van der Waals surface area (Å²) in [6.07, 6.45) is 2.70. The van der Waals surface area contributed by atoms with Gasteiger partial charge in [0.15, 0.2) is 11.5 Å². The molecule has 158 valence electrons. The number of methoxy groups -OCH3 is 1. The largest absolute Gasteiger partial charge is 0.497 e. The summed E-state index contributed by atoms with van der Waals surface area (Å²) in [5.41, 5.74) is 3.51. The second-order valence-corrected chi connectivity index (χ2v) is 7.84. The molecule has 5 rings (SSSR count). The predicted molar refractivity (Wildman–Crippen MR) is 119 cm³/mol. The van der Waals surface area contributed by atoms with Crippen LogP contribution in [0.2, 0.25) is 0 Å². The van der Waals surface area contributed by atoms with Gasteiger partial charge in [0, 0.05) is 17.5 Å². The monoisotopic (exact) mass is 416 g/mol. The molecule has 1 atom stereocenters. The van der Waals surface area contributed by atoms with Crippen molar-refractivity contribution in [3.63, 3.8) is 0 Å². The zero-order valence-electron chi connectivity index (χ0n) is 17.6. The molecule has 0 radical (unpaired) electrons. The molecule has 31 heavy (non-hydrogen) atoms. The van der Waals surface area contributed by atoms with E-state index in [1.807, 2.05) is 43.3 Å². The minimum atomic E-state index is -0.352. The van der Waals surface area contributed by atoms with Gasteiger partial charge in [-0.15, -0.1) is 5.10 Å². The highest BCUT2D eigenvalue weighted by Crippen LogP contribution is 2.26. The van der Waals surface area contributed by atoms with Gasteiger partial charge in [0.25, 0.3) is 0 Å². The number of hydrogen-bond donors (Lipinski definition) is 2. The maximum absolute atomic E-state index is 12.5. The van der Waals surface area contributed by atoms with Crippen LogP contribution >= 0.6 is 0 Å². The summed E-state index contributed by atoms with van der Waals surface area (Å²) in [4.78, 5) is 22.1. The Bertz CT molecular complexity index is 1260. The lowest BCUT2D eigenvalue weighted by Gasteiger charge is -2.16. The number of hydrogen-bond acceptors (Lipinski definition) is 6. The van der Waals surface area contributed by atoms with Crippen molar-refractivity contribution in [3.05, 3.63) is 48.0 Å². The van der Waals surface area contributed by atoms with Crippen LogP contribution in [0.3, 0.4) is 0 Å². The first kappa shape index (κ1) is 19.3. The molecule has 3 heterocycles. The zero-order chi connectivity index (χ0) is 21.4. The van der Waals surface area contributed by atoms with E-state index in [1.165, 1.54) is 0 Å². The van der Waals surface area contributed by atoms with E-state index in [0.717, 1.165) is 47.0 Å². The van der Waals surface area contributed by atoms with E-state index in [-0.39, 0.29) is 11.9 Å². The lowest BCUT2D eigenvalue weighted by molar-refractivity contribution is -0.121. The predicted octanol–water partition coefficient (Wildman–Crippen LogP) is 3.34. The minimum absolute atomic E-state index is 0.00746. The Hall–Kier alpha value is -3.68. The van der Waals surface area contributed by atoms with Gasteiger partial charge in [-0.05, 0) is 62.6 Å². The minimum Gasteiger partial charge on any atom is -0.497 e. The molecule has 1 amide bonds. The molecule has 1 aliphatic heterocycles. The van der Waals surface area contributed by atoms with Crippen LogP contribution in [0.25, 0.3) is 27.9 Å². The van der Waals surface area contributed by atoms with E-state index in [4.69, 9.17) is 19.8 Å². The molecular weight excluding hydrogens is 392 g/mol. The topological polar surface area (TPSA) is 93.4 Å². The van der Waals surface area contributed by atoms with Crippen LogP contribution in [0.4, 0.5) is 5.95 Å². The number of fused-ring (bicyclic) bond motifs is 3. The fourth-order valence-electron chi connectivity index (χ4n) is 3.91. The molecule has 2 N–H and O–H groups in total. The van der Waals surface area contributed by atoms with Gasteiger partial charge in [-0.3, -0.25) is 4.79 Å². The summed E-state index contributed by atoms with van der Waals surface area (Å²) in [5, 5.41) is 11.9. The highest BCUT2D eigenvalue weighted by Gasteiger charge is 2.23. The zero-order valence-corrected chi connectivity index (χ0v) is 17.6. The first-order valence-electron chi connectivity index (χ1n) is 10.5. The number of amides is 1. The van der Waals surface area contributed by atoms with Crippen LogP contribution in [-0.2, 0) is 4.79 Å². The van der Waals surface area contributed by atoms with Crippen LogP contribution in [0.1, 0.15) is 24.8 Å². The number of ether oxygens (including phenoxy) is 1. The average molecular weight is 416 g/mol. The van der Waals surface area contributed by atoms with Crippen LogP contribution in [0.5, 0.6) is 5.75 Å². The molecule has 0 bridgehead atoms. The van der Waals surface area contributed by atoms with E-state index >= 15 is 0 Å². The van der Waals surface area contributed by atoms with Crippen molar-refractivity contribution >= 4 is 28.4 Å². The number of carbonyl (C=O) groups excluding carboxylic acids is 1. The van der Waals surface area contributed by atoms with Gasteiger partial charge in [0.2, 0.25) is 11.9 Å². The van der Waals surface area contributed by atoms with Gasteiger partial charge < -0.3 is 15.4 Å². The van der Waals surface area contributed by atoms with E-state index < -0.39 is 0 Å². The summed E-state index contributed by atoms with van der Waals surface area (Å²) in [6.45, 7) is 2.75. The lowest BCUT2D eigenvalue weighted by Crippen LogP contribution is -2.38.